The van der Waals surface area contributed by atoms with Crippen molar-refractivity contribution in [3.8, 4) is 39.6 Å². The van der Waals surface area contributed by atoms with Crippen molar-refractivity contribution in [3.05, 3.63) is 42.2 Å². The van der Waals surface area contributed by atoms with Crippen LogP contribution in [0.2, 0.25) is 0 Å². The predicted octanol–water partition coefficient (Wildman–Crippen LogP) is 4.29. The molecule has 0 fully saturated rings. The monoisotopic (exact) mass is 525 g/mol. The van der Waals surface area contributed by atoms with Gasteiger partial charge >= 0.3 is 12.8 Å². The van der Waals surface area contributed by atoms with Gasteiger partial charge in [-0.15, -0.1) is 0 Å². The molecule has 1 amide bonds. The van der Waals surface area contributed by atoms with Crippen molar-refractivity contribution in [1.29, 1.82) is 0 Å². The van der Waals surface area contributed by atoms with Gasteiger partial charge < -0.3 is 19.9 Å². The van der Waals surface area contributed by atoms with E-state index < -0.39 is 36.8 Å². The largest absolute Gasteiger partial charge is 0.492 e. The predicted molar refractivity (Wildman–Crippen MR) is 122 cm³/mol. The number of hydrogen-bond donors (Lipinski definition) is 1. The lowest BCUT2D eigenvalue weighted by Gasteiger charge is -2.20. The SMILES string of the molecule is COc1c(-c2cnn(C)c2)c(OC(F)F)c2c(c(-c3ccccc3C(N)=O)nn2C)c1OCC(F)(F)F. The van der Waals surface area contributed by atoms with Gasteiger partial charge in [0.2, 0.25) is 5.91 Å². The Morgan fingerprint density at radius 2 is 1.84 bits per heavy atom. The summed E-state index contributed by atoms with van der Waals surface area (Å²) < 4.78 is 85.2. The number of rotatable bonds is 8. The Morgan fingerprint density at radius 1 is 1.14 bits per heavy atom. The number of amides is 1. The number of ether oxygens (including phenoxy) is 3. The van der Waals surface area contributed by atoms with Crippen molar-refractivity contribution in [3.63, 3.8) is 0 Å². The van der Waals surface area contributed by atoms with E-state index in [1.54, 1.807) is 13.1 Å². The lowest BCUT2D eigenvalue weighted by atomic mass is 9.97. The van der Waals surface area contributed by atoms with Crippen LogP contribution in [0.3, 0.4) is 0 Å². The molecule has 9 nitrogen and oxygen atoms in total. The first-order valence-corrected chi connectivity index (χ1v) is 10.6. The van der Waals surface area contributed by atoms with E-state index >= 15 is 0 Å². The number of aryl methyl sites for hydroxylation is 2. The topological polar surface area (TPSA) is 106 Å². The molecule has 0 aliphatic heterocycles. The Labute approximate surface area is 206 Å². The zero-order valence-electron chi connectivity index (χ0n) is 19.6. The fourth-order valence-electron chi connectivity index (χ4n) is 4.04. The van der Waals surface area contributed by atoms with Crippen molar-refractivity contribution < 1.29 is 41.0 Å². The lowest BCUT2D eigenvalue weighted by Crippen LogP contribution is -2.20. The number of carbonyl (C=O) groups excluding carboxylic acids is 1. The van der Waals surface area contributed by atoms with Gasteiger partial charge in [0.15, 0.2) is 23.9 Å². The Hall–Kier alpha value is -4.36. The number of aromatic nitrogens is 4. The summed E-state index contributed by atoms with van der Waals surface area (Å²) in [5.41, 5.74) is 5.52. The number of nitrogens with zero attached hydrogens (tertiary/aromatic N) is 4. The number of primary amides is 1. The molecule has 0 saturated heterocycles. The van der Waals surface area contributed by atoms with Gasteiger partial charge in [0.05, 0.1) is 24.3 Å². The molecule has 0 atom stereocenters. The molecule has 2 heterocycles. The molecule has 4 rings (SSSR count). The third-order valence-electron chi connectivity index (χ3n) is 5.38. The molecule has 0 unspecified atom stereocenters. The summed E-state index contributed by atoms with van der Waals surface area (Å²) in [7, 11) is 4.08. The first-order chi connectivity index (χ1) is 17.4. The third kappa shape index (κ3) is 4.86. The molecule has 2 aromatic heterocycles. The highest BCUT2D eigenvalue weighted by Gasteiger charge is 2.35. The minimum atomic E-state index is -4.75. The maximum atomic E-state index is 13.7. The van der Waals surface area contributed by atoms with Crippen LogP contribution in [-0.4, -0.2) is 52.0 Å². The molecule has 2 aromatic carbocycles. The Bertz CT molecular complexity index is 1480. The second-order valence-corrected chi connectivity index (χ2v) is 7.86. The van der Waals surface area contributed by atoms with Crippen molar-refractivity contribution in [2.75, 3.05) is 13.7 Å². The third-order valence-corrected chi connectivity index (χ3v) is 5.38. The number of methoxy groups -OCH3 is 1. The fourth-order valence-corrected chi connectivity index (χ4v) is 4.04. The van der Waals surface area contributed by atoms with Crippen LogP contribution >= 0.6 is 0 Å². The zero-order chi connectivity index (χ0) is 27.1. The molecule has 4 aromatic rings. The van der Waals surface area contributed by atoms with Crippen molar-refractivity contribution in [2.45, 2.75) is 12.8 Å². The first-order valence-electron chi connectivity index (χ1n) is 10.6. The minimum absolute atomic E-state index is 0.00379. The molecular formula is C23H20F5N5O4. The smallest absolute Gasteiger partial charge is 0.422 e. The molecule has 37 heavy (non-hydrogen) atoms. The number of hydrogen-bond acceptors (Lipinski definition) is 6. The van der Waals surface area contributed by atoms with E-state index in [0.717, 1.165) is 11.8 Å². The van der Waals surface area contributed by atoms with Gasteiger partial charge in [0, 0.05) is 37.0 Å². The fraction of sp³-hybridized carbons (Fsp3) is 0.261. The summed E-state index contributed by atoms with van der Waals surface area (Å²) in [6.07, 6.45) is -2.01. The van der Waals surface area contributed by atoms with E-state index in [4.69, 9.17) is 19.9 Å². The normalized spacial score (nSPS) is 11.8. The van der Waals surface area contributed by atoms with Gasteiger partial charge in [0.25, 0.3) is 0 Å². The number of carbonyl (C=O) groups is 1. The Balaban J connectivity index is 2.20. The van der Waals surface area contributed by atoms with Crippen LogP contribution in [0.5, 0.6) is 17.2 Å². The highest BCUT2D eigenvalue weighted by molar-refractivity contribution is 6.10. The average Bonchev–Trinajstić information content (AvgIpc) is 3.40. The average molecular weight is 525 g/mol. The molecule has 0 bridgehead atoms. The number of nitrogens with two attached hydrogens (primary N) is 1. The molecular weight excluding hydrogens is 505 g/mol. The highest BCUT2D eigenvalue weighted by atomic mass is 19.4. The molecule has 0 radical (unpaired) electrons. The van der Waals surface area contributed by atoms with Crippen LogP contribution in [0, 0.1) is 0 Å². The van der Waals surface area contributed by atoms with Crippen LogP contribution in [0.1, 0.15) is 10.4 Å². The second kappa shape index (κ2) is 9.59. The molecule has 0 saturated carbocycles. The molecule has 196 valence electrons. The molecule has 14 heteroatoms. The molecule has 2 N–H and O–H groups in total. The first kappa shape index (κ1) is 25.7. The maximum Gasteiger partial charge on any atom is 0.422 e. The summed E-state index contributed by atoms with van der Waals surface area (Å²) in [5, 5.41) is 8.20. The van der Waals surface area contributed by atoms with E-state index in [2.05, 4.69) is 10.2 Å². The van der Waals surface area contributed by atoms with E-state index in [1.807, 2.05) is 0 Å². The summed E-state index contributed by atoms with van der Waals surface area (Å²) in [6.45, 7) is -5.05. The lowest BCUT2D eigenvalue weighted by molar-refractivity contribution is -0.153. The summed E-state index contributed by atoms with van der Waals surface area (Å²) in [4.78, 5) is 12.1. The van der Waals surface area contributed by atoms with Gasteiger partial charge in [-0.25, -0.2) is 0 Å². The van der Waals surface area contributed by atoms with E-state index in [-0.39, 0.29) is 44.6 Å². The van der Waals surface area contributed by atoms with Crippen LogP contribution in [0.25, 0.3) is 33.3 Å². The number of fused-ring (bicyclic) bond motifs is 1. The Morgan fingerprint density at radius 3 is 2.41 bits per heavy atom. The van der Waals surface area contributed by atoms with Crippen molar-refractivity contribution in [2.24, 2.45) is 19.8 Å². The van der Waals surface area contributed by atoms with Crippen molar-refractivity contribution in [1.82, 2.24) is 19.6 Å². The molecule has 0 aliphatic carbocycles. The summed E-state index contributed by atoms with van der Waals surface area (Å²) in [6, 6.07) is 5.94. The minimum Gasteiger partial charge on any atom is -0.492 e. The van der Waals surface area contributed by atoms with Crippen LogP contribution < -0.4 is 19.9 Å². The van der Waals surface area contributed by atoms with E-state index in [9.17, 15) is 26.7 Å². The van der Waals surface area contributed by atoms with Gasteiger partial charge in [-0.2, -0.15) is 32.1 Å². The van der Waals surface area contributed by atoms with Gasteiger partial charge in [0.1, 0.15) is 11.2 Å². The van der Waals surface area contributed by atoms with Crippen LogP contribution in [0.4, 0.5) is 22.0 Å². The second-order valence-electron chi connectivity index (χ2n) is 7.86. The van der Waals surface area contributed by atoms with Crippen LogP contribution in [-0.2, 0) is 14.1 Å². The Kier molecular flexibility index (Phi) is 6.67. The maximum absolute atomic E-state index is 13.7. The van der Waals surface area contributed by atoms with Crippen LogP contribution in [0.15, 0.2) is 36.7 Å². The molecule has 0 aliphatic rings. The number of halogens is 5. The molecule has 0 spiro atoms. The number of alkyl halides is 5. The van der Waals surface area contributed by atoms with Crippen molar-refractivity contribution >= 4 is 16.8 Å². The quantitative estimate of drug-likeness (QED) is 0.344. The van der Waals surface area contributed by atoms with Gasteiger partial charge in [-0.05, 0) is 6.07 Å². The van der Waals surface area contributed by atoms with E-state index in [1.165, 1.54) is 42.3 Å². The standard InChI is InChI=1S/C23H20F5N5O4/c1-32-9-11(8-30-32)14-18(37-22(24)25)17-15(20(19(14)35-3)36-10-23(26,27)28)16(31-33(17)2)12-6-4-5-7-13(12)21(29)34/h4-9,22H,10H2,1-3H3,(H2,29,34). The zero-order valence-corrected chi connectivity index (χ0v) is 19.6. The summed E-state index contributed by atoms with van der Waals surface area (Å²) in [5.74, 6) is -2.05. The number of benzene rings is 2. The summed E-state index contributed by atoms with van der Waals surface area (Å²) >= 11 is 0. The highest BCUT2D eigenvalue weighted by Crippen LogP contribution is 2.53. The van der Waals surface area contributed by atoms with Gasteiger partial charge in [-0.3, -0.25) is 14.2 Å². The van der Waals surface area contributed by atoms with Gasteiger partial charge in [-0.1, -0.05) is 18.2 Å². The van der Waals surface area contributed by atoms with E-state index in [0.29, 0.717) is 0 Å².